The van der Waals surface area contributed by atoms with E-state index in [1.165, 1.54) is 7.11 Å². The van der Waals surface area contributed by atoms with E-state index in [0.29, 0.717) is 31.4 Å². The number of aliphatic hydroxyl groups excluding tert-OH is 1. The maximum atomic E-state index is 13.9. The molecule has 46 heavy (non-hydrogen) atoms. The number of esters is 2. The van der Waals surface area contributed by atoms with Gasteiger partial charge in [-0.3, -0.25) is 14.9 Å². The van der Waals surface area contributed by atoms with Crippen LogP contribution in [0.5, 0.6) is 0 Å². The van der Waals surface area contributed by atoms with Gasteiger partial charge in [0.05, 0.1) is 18.4 Å². The van der Waals surface area contributed by atoms with Crippen molar-refractivity contribution < 1.29 is 43.2 Å². The summed E-state index contributed by atoms with van der Waals surface area (Å²) in [6, 6.07) is 27.8. The number of allylic oxidation sites excluding steroid dienone is 2. The molecule has 2 aliphatic rings. The van der Waals surface area contributed by atoms with Gasteiger partial charge in [-0.05, 0) is 48.9 Å². The van der Waals surface area contributed by atoms with Gasteiger partial charge >= 0.3 is 18.0 Å². The summed E-state index contributed by atoms with van der Waals surface area (Å²) in [6.07, 6.45) is -1.95. The zero-order valence-electron chi connectivity index (χ0n) is 25.6. The van der Waals surface area contributed by atoms with Gasteiger partial charge in [0.1, 0.15) is 6.10 Å². The van der Waals surface area contributed by atoms with E-state index in [0.717, 1.165) is 11.1 Å². The molecule has 2 N–H and O–H groups in total. The number of aliphatic hydroxyl groups is 1. The second-order valence-electron chi connectivity index (χ2n) is 11.3. The summed E-state index contributed by atoms with van der Waals surface area (Å²) in [5.41, 5.74) is 2.37. The molecule has 1 amide bonds. The lowest BCUT2D eigenvalue weighted by molar-refractivity contribution is -0.299. The number of hydrogen-bond acceptors (Lipinski definition) is 9. The van der Waals surface area contributed by atoms with E-state index in [-0.39, 0.29) is 0 Å². The number of ether oxygens (including phenoxy) is 5. The molecule has 0 saturated carbocycles. The zero-order valence-corrected chi connectivity index (χ0v) is 25.6. The number of para-hydroxylation sites is 1. The van der Waals surface area contributed by atoms with Crippen molar-refractivity contribution in [2.45, 2.75) is 56.4 Å². The van der Waals surface area contributed by atoms with E-state index in [9.17, 15) is 19.5 Å². The molecule has 0 aliphatic carbocycles. The number of carbonyl (C=O) groups is 3. The molecule has 0 radical (unpaired) electrons. The molecule has 0 unspecified atom stereocenters. The summed E-state index contributed by atoms with van der Waals surface area (Å²) in [7, 11) is 1.34. The van der Waals surface area contributed by atoms with Crippen LogP contribution in [-0.2, 0) is 46.1 Å². The highest BCUT2D eigenvalue weighted by Gasteiger charge is 2.53. The maximum Gasteiger partial charge on any atom is 0.412 e. The molecule has 1 saturated heterocycles. The third-order valence-electron chi connectivity index (χ3n) is 8.10. The average Bonchev–Trinajstić information content (AvgIpc) is 3.07. The van der Waals surface area contributed by atoms with Gasteiger partial charge < -0.3 is 28.8 Å². The number of methoxy groups -OCH3 is 1. The number of anilines is 1. The fraction of sp³-hybridized carbons (Fsp3) is 0.361. The van der Waals surface area contributed by atoms with Crippen LogP contribution in [-0.4, -0.2) is 67.6 Å². The molecule has 2 heterocycles. The average molecular weight is 630 g/mol. The molecule has 10 nitrogen and oxygen atoms in total. The number of hydrogen-bond donors (Lipinski definition) is 2. The van der Waals surface area contributed by atoms with Crippen molar-refractivity contribution in [2.75, 3.05) is 19.0 Å². The monoisotopic (exact) mass is 629 g/mol. The van der Waals surface area contributed by atoms with Crippen LogP contribution < -0.4 is 5.32 Å². The fourth-order valence-electron chi connectivity index (χ4n) is 5.71. The quantitative estimate of drug-likeness (QED) is 0.204. The number of fused-ring (bicyclic) bond motifs is 1. The highest BCUT2D eigenvalue weighted by atomic mass is 16.7. The molecule has 0 aromatic heterocycles. The summed E-state index contributed by atoms with van der Waals surface area (Å²) >= 11 is 0. The maximum absolute atomic E-state index is 13.9. The summed E-state index contributed by atoms with van der Waals surface area (Å²) < 4.78 is 29.4. The van der Waals surface area contributed by atoms with Crippen LogP contribution in [0, 0.1) is 11.8 Å². The third-order valence-corrected chi connectivity index (χ3v) is 8.10. The normalized spacial score (nSPS) is 26.8. The predicted molar refractivity (Wildman–Crippen MR) is 168 cm³/mol. The standard InChI is InChI=1S/C36H39NO9/c1-42-35-32(46-36(41)37-28-19-9-4-10-20-28)31-30(29(23-38)43-35)44-33(39)26(21-24-13-5-2-6-14-24)17-11-12-18-27(34(40)45-31)22-25-15-7-3-8-16-25/h2-16,19-20,26-27,29-32,35,38H,17-18,21-23H2,1H3,(H,37,41)/t26-,27-,29+,30+,31-,32+,35-/m0/s1. The van der Waals surface area contributed by atoms with Gasteiger partial charge in [-0.2, -0.15) is 0 Å². The molecule has 0 bridgehead atoms. The van der Waals surface area contributed by atoms with Crippen LogP contribution in [0.15, 0.2) is 103 Å². The minimum atomic E-state index is -1.35. The summed E-state index contributed by atoms with van der Waals surface area (Å²) in [4.78, 5) is 40.8. The number of carbonyl (C=O) groups excluding carboxylic acids is 3. The van der Waals surface area contributed by atoms with E-state index >= 15 is 0 Å². The summed E-state index contributed by atoms with van der Waals surface area (Å²) in [5, 5.41) is 13.0. The Morgan fingerprint density at radius 1 is 0.783 bits per heavy atom. The number of amides is 1. The lowest BCUT2D eigenvalue weighted by Gasteiger charge is -2.44. The first-order valence-electron chi connectivity index (χ1n) is 15.4. The molecule has 10 heteroatoms. The van der Waals surface area contributed by atoms with E-state index in [2.05, 4.69) is 5.32 Å². The highest BCUT2D eigenvalue weighted by Crippen LogP contribution is 2.32. The van der Waals surface area contributed by atoms with E-state index in [1.54, 1.807) is 30.3 Å². The third kappa shape index (κ3) is 8.60. The van der Waals surface area contributed by atoms with Gasteiger partial charge in [-0.1, -0.05) is 91.0 Å². The minimum absolute atomic E-state index is 0.353. The minimum Gasteiger partial charge on any atom is -0.455 e. The van der Waals surface area contributed by atoms with Crippen molar-refractivity contribution in [3.8, 4) is 0 Å². The van der Waals surface area contributed by atoms with Gasteiger partial charge in [-0.15, -0.1) is 0 Å². The van der Waals surface area contributed by atoms with Crippen molar-refractivity contribution in [3.05, 3.63) is 114 Å². The molecule has 2 aliphatic heterocycles. The SMILES string of the molecule is CO[C@H]1O[C@H](CO)[C@H]2OC(=O)[C@H](Cc3ccccc3)CC=CC[C@@H](Cc3ccccc3)C(=O)O[C@@H]2[C@H]1OC(=O)Nc1ccccc1. The summed E-state index contributed by atoms with van der Waals surface area (Å²) in [6.45, 7) is -0.578. The van der Waals surface area contributed by atoms with Crippen molar-refractivity contribution in [2.24, 2.45) is 11.8 Å². The molecule has 242 valence electrons. The van der Waals surface area contributed by atoms with E-state index in [1.807, 2.05) is 72.8 Å². The lowest BCUT2D eigenvalue weighted by atomic mass is 9.92. The van der Waals surface area contributed by atoms with Crippen LogP contribution in [0.25, 0.3) is 0 Å². The molecule has 5 rings (SSSR count). The molecule has 3 aromatic rings. The van der Waals surface area contributed by atoms with Crippen LogP contribution in [0.2, 0.25) is 0 Å². The smallest absolute Gasteiger partial charge is 0.412 e. The van der Waals surface area contributed by atoms with Crippen molar-refractivity contribution in [1.29, 1.82) is 0 Å². The first-order chi connectivity index (χ1) is 22.4. The Kier molecular flexibility index (Phi) is 11.6. The molecule has 0 spiro atoms. The van der Waals surface area contributed by atoms with Crippen molar-refractivity contribution in [1.82, 2.24) is 0 Å². The number of benzene rings is 3. The van der Waals surface area contributed by atoms with Crippen molar-refractivity contribution >= 4 is 23.7 Å². The van der Waals surface area contributed by atoms with Gasteiger partial charge in [0.15, 0.2) is 24.6 Å². The highest BCUT2D eigenvalue weighted by molar-refractivity contribution is 5.84. The van der Waals surface area contributed by atoms with Crippen LogP contribution in [0.1, 0.15) is 24.0 Å². The van der Waals surface area contributed by atoms with Gasteiger partial charge in [0.2, 0.25) is 0 Å². The molecule has 1 fully saturated rings. The fourth-order valence-corrected chi connectivity index (χ4v) is 5.71. The van der Waals surface area contributed by atoms with E-state index < -0.39 is 67.2 Å². The zero-order chi connectivity index (χ0) is 32.3. The number of rotatable bonds is 8. The van der Waals surface area contributed by atoms with Gasteiger partial charge in [-0.25, -0.2) is 4.79 Å². The molecule has 3 aromatic carbocycles. The second-order valence-corrected chi connectivity index (χ2v) is 11.3. The molecular weight excluding hydrogens is 590 g/mol. The van der Waals surface area contributed by atoms with Crippen molar-refractivity contribution in [3.63, 3.8) is 0 Å². The Morgan fingerprint density at radius 2 is 1.28 bits per heavy atom. The van der Waals surface area contributed by atoms with E-state index in [4.69, 9.17) is 23.7 Å². The Balaban J connectivity index is 1.49. The largest absolute Gasteiger partial charge is 0.455 e. The van der Waals surface area contributed by atoms with Gasteiger partial charge in [0.25, 0.3) is 0 Å². The second kappa shape index (κ2) is 16.2. The van der Waals surface area contributed by atoms with Crippen LogP contribution >= 0.6 is 0 Å². The molecular formula is C36H39NO9. The Hall–Kier alpha value is -4.51. The van der Waals surface area contributed by atoms with Gasteiger partial charge in [0, 0.05) is 12.8 Å². The molecule has 7 atom stereocenters. The first-order valence-corrected chi connectivity index (χ1v) is 15.4. The Bertz CT molecular complexity index is 1450. The Labute approximate surface area is 268 Å². The predicted octanol–water partition coefficient (Wildman–Crippen LogP) is 4.86. The lowest BCUT2D eigenvalue weighted by Crippen LogP contribution is -2.63. The first kappa shape index (κ1) is 32.9. The van der Waals surface area contributed by atoms with Crippen LogP contribution in [0.3, 0.4) is 0 Å². The number of nitrogens with one attached hydrogen (secondary N) is 1. The summed E-state index contributed by atoms with van der Waals surface area (Å²) in [5.74, 6) is -2.32. The van der Waals surface area contributed by atoms with Crippen LogP contribution in [0.4, 0.5) is 10.5 Å². The Morgan fingerprint density at radius 3 is 1.78 bits per heavy atom. The topological polar surface area (TPSA) is 130 Å².